The van der Waals surface area contributed by atoms with Crippen LogP contribution >= 0.6 is 12.4 Å². The van der Waals surface area contributed by atoms with E-state index in [1.165, 1.54) is 7.11 Å². The molecule has 0 radical (unpaired) electrons. The van der Waals surface area contributed by atoms with Crippen LogP contribution in [0.2, 0.25) is 0 Å². The molecule has 0 fully saturated rings. The van der Waals surface area contributed by atoms with Crippen molar-refractivity contribution in [1.29, 1.82) is 0 Å². The summed E-state index contributed by atoms with van der Waals surface area (Å²) in [6.07, 6.45) is 0.387. The first-order valence-electron chi connectivity index (χ1n) is 2.83. The van der Waals surface area contributed by atoms with Gasteiger partial charge in [0.05, 0.1) is 7.11 Å². The molecule has 0 aliphatic heterocycles. The minimum absolute atomic E-state index is 0. The number of carbonyl (C=O) groups excluding carboxylic acids is 1. The van der Waals surface area contributed by atoms with Crippen LogP contribution in [0.5, 0.6) is 0 Å². The Balaban J connectivity index is 0. The molecule has 62 valence electrons. The van der Waals surface area contributed by atoms with Gasteiger partial charge >= 0.3 is 6.09 Å². The number of halogens is 1. The lowest BCUT2D eigenvalue weighted by molar-refractivity contribution is 0.171. The van der Waals surface area contributed by atoms with E-state index < -0.39 is 6.09 Å². The predicted molar refractivity (Wildman–Crippen MR) is 41.3 cm³/mol. The molecule has 5 heteroatoms. The van der Waals surface area contributed by atoms with Gasteiger partial charge in [0.15, 0.2) is 0 Å². The first-order chi connectivity index (χ1) is 4.31. The molecule has 0 saturated carbocycles. The molecule has 0 saturated heterocycles. The lowest BCUT2D eigenvalue weighted by atomic mass is 10.4. The molecule has 0 unspecified atom stereocenters. The molecular formula is C5H13ClN2O2. The number of carbonyl (C=O) groups is 1. The maximum Gasteiger partial charge on any atom is 0.406 e. The number of nitrogens with two attached hydrogens (primary N) is 1. The van der Waals surface area contributed by atoms with Gasteiger partial charge in [-0.25, -0.2) is 4.79 Å². The number of alkyl carbamates (subject to hydrolysis) is 1. The fraction of sp³-hybridized carbons (Fsp3) is 0.800. The number of ether oxygens (including phenoxy) is 1. The molecule has 0 heterocycles. The molecule has 3 N–H and O–H groups in total. The van der Waals surface area contributed by atoms with Crippen LogP contribution in [0.25, 0.3) is 0 Å². The molecule has 10 heavy (non-hydrogen) atoms. The van der Waals surface area contributed by atoms with Crippen LogP contribution in [-0.2, 0) is 4.74 Å². The molecule has 0 rings (SSSR count). The van der Waals surface area contributed by atoms with E-state index >= 15 is 0 Å². The van der Waals surface area contributed by atoms with E-state index in [9.17, 15) is 4.79 Å². The monoisotopic (exact) mass is 168 g/mol. The van der Waals surface area contributed by atoms with Crippen LogP contribution in [0.3, 0.4) is 0 Å². The van der Waals surface area contributed by atoms with Gasteiger partial charge < -0.3 is 15.8 Å². The summed E-state index contributed by atoms with van der Waals surface area (Å²) >= 11 is 0. The number of amides is 1. The zero-order valence-electron chi connectivity index (χ0n) is 5.92. The van der Waals surface area contributed by atoms with Crippen LogP contribution < -0.4 is 11.1 Å². The van der Waals surface area contributed by atoms with Gasteiger partial charge in [0, 0.05) is 6.54 Å². The van der Waals surface area contributed by atoms with Gasteiger partial charge in [0.1, 0.15) is 0 Å². The summed E-state index contributed by atoms with van der Waals surface area (Å²) in [5.74, 6) is 0. The summed E-state index contributed by atoms with van der Waals surface area (Å²) < 4.78 is 4.31. The third kappa shape index (κ3) is 7.52. The average molecular weight is 169 g/mol. The zero-order chi connectivity index (χ0) is 7.11. The maximum absolute atomic E-state index is 10.3. The molecular weight excluding hydrogens is 156 g/mol. The molecule has 0 aliphatic rings. The van der Waals surface area contributed by atoms with Crippen molar-refractivity contribution in [3.63, 3.8) is 0 Å². The zero-order valence-corrected chi connectivity index (χ0v) is 6.74. The normalized spacial score (nSPS) is 7.80. The first-order valence-corrected chi connectivity index (χ1v) is 2.83. The molecule has 0 aromatic rings. The Morgan fingerprint density at radius 2 is 2.30 bits per heavy atom. The Bertz CT molecular complexity index is 89.7. The van der Waals surface area contributed by atoms with Gasteiger partial charge in [0.2, 0.25) is 0 Å². The Labute approximate surface area is 66.5 Å². The minimum Gasteiger partial charge on any atom is -0.453 e. The summed E-state index contributed by atoms with van der Waals surface area (Å²) in [6.45, 7) is 1.17. The van der Waals surface area contributed by atoms with Crippen molar-refractivity contribution >= 4 is 18.5 Å². The van der Waals surface area contributed by atoms with Gasteiger partial charge in [-0.15, -0.1) is 12.4 Å². The quantitative estimate of drug-likeness (QED) is 0.588. The van der Waals surface area contributed by atoms with Gasteiger partial charge in [-0.1, -0.05) is 0 Å². The first kappa shape index (κ1) is 12.2. The minimum atomic E-state index is -0.400. The highest BCUT2D eigenvalue weighted by atomic mass is 35.5. The highest BCUT2D eigenvalue weighted by molar-refractivity contribution is 5.85. The van der Waals surface area contributed by atoms with Gasteiger partial charge in [-0.2, -0.15) is 0 Å². The van der Waals surface area contributed by atoms with Crippen molar-refractivity contribution in [2.24, 2.45) is 5.73 Å². The second-order valence-corrected chi connectivity index (χ2v) is 1.56. The van der Waals surface area contributed by atoms with E-state index in [0.717, 1.165) is 6.42 Å². The third-order valence-electron chi connectivity index (χ3n) is 0.836. The van der Waals surface area contributed by atoms with Crippen molar-refractivity contribution in [3.05, 3.63) is 0 Å². The van der Waals surface area contributed by atoms with Crippen molar-refractivity contribution in [1.82, 2.24) is 5.32 Å². The molecule has 0 spiro atoms. The second-order valence-electron chi connectivity index (χ2n) is 1.56. The fourth-order valence-corrected chi connectivity index (χ4v) is 0.365. The SMILES string of the molecule is COC(=O)NCCCN.Cl. The Hall–Kier alpha value is -0.480. The van der Waals surface area contributed by atoms with E-state index in [1.807, 2.05) is 0 Å². The van der Waals surface area contributed by atoms with Crippen molar-refractivity contribution in [3.8, 4) is 0 Å². The molecule has 4 nitrogen and oxygen atoms in total. The Morgan fingerprint density at radius 3 is 2.70 bits per heavy atom. The van der Waals surface area contributed by atoms with Gasteiger partial charge in [-0.05, 0) is 13.0 Å². The van der Waals surface area contributed by atoms with Crippen LogP contribution in [0.4, 0.5) is 4.79 Å². The molecule has 0 aromatic heterocycles. The number of hydrogen-bond acceptors (Lipinski definition) is 3. The van der Waals surface area contributed by atoms with E-state index in [1.54, 1.807) is 0 Å². The van der Waals surface area contributed by atoms with Crippen molar-refractivity contribution < 1.29 is 9.53 Å². The highest BCUT2D eigenvalue weighted by Crippen LogP contribution is 1.72. The smallest absolute Gasteiger partial charge is 0.406 e. The number of rotatable bonds is 3. The van der Waals surface area contributed by atoms with Crippen molar-refractivity contribution in [2.45, 2.75) is 6.42 Å². The average Bonchev–Trinajstić information content (AvgIpc) is 1.89. The van der Waals surface area contributed by atoms with Crippen molar-refractivity contribution in [2.75, 3.05) is 20.2 Å². The topological polar surface area (TPSA) is 64.3 Å². The third-order valence-corrected chi connectivity index (χ3v) is 0.836. The largest absolute Gasteiger partial charge is 0.453 e. The van der Waals surface area contributed by atoms with Crippen LogP contribution in [0.15, 0.2) is 0 Å². The summed E-state index contributed by atoms with van der Waals surface area (Å²) in [6, 6.07) is 0. The van der Waals surface area contributed by atoms with E-state index in [-0.39, 0.29) is 12.4 Å². The fourth-order valence-electron chi connectivity index (χ4n) is 0.365. The van der Waals surface area contributed by atoms with Crippen LogP contribution in [-0.4, -0.2) is 26.3 Å². The molecule has 0 aromatic carbocycles. The second kappa shape index (κ2) is 8.52. The molecule has 0 atom stereocenters. The lowest BCUT2D eigenvalue weighted by Gasteiger charge is -1.99. The summed E-state index contributed by atoms with van der Waals surface area (Å²) in [4.78, 5) is 10.3. The highest BCUT2D eigenvalue weighted by Gasteiger charge is 1.93. The van der Waals surface area contributed by atoms with Crippen LogP contribution in [0, 0.1) is 0 Å². The maximum atomic E-state index is 10.3. The van der Waals surface area contributed by atoms with Gasteiger partial charge in [-0.3, -0.25) is 0 Å². The standard InChI is InChI=1S/C5H12N2O2.ClH/c1-9-5(8)7-4-2-3-6;/h2-4,6H2,1H3,(H,7,8);1H. The van der Waals surface area contributed by atoms with E-state index in [4.69, 9.17) is 5.73 Å². The number of hydrogen-bond donors (Lipinski definition) is 2. The summed E-state index contributed by atoms with van der Waals surface area (Å²) in [5, 5.41) is 2.49. The molecule has 1 amide bonds. The summed E-state index contributed by atoms with van der Waals surface area (Å²) in [7, 11) is 1.33. The molecule has 0 aliphatic carbocycles. The molecule has 0 bridgehead atoms. The Kier molecular flexibility index (Phi) is 10.4. The van der Waals surface area contributed by atoms with Crippen LogP contribution in [0.1, 0.15) is 6.42 Å². The number of methoxy groups -OCH3 is 1. The summed E-state index contributed by atoms with van der Waals surface area (Å²) in [5.41, 5.74) is 5.16. The van der Waals surface area contributed by atoms with Gasteiger partial charge in [0.25, 0.3) is 0 Å². The van der Waals surface area contributed by atoms with E-state index in [0.29, 0.717) is 13.1 Å². The van der Waals surface area contributed by atoms with E-state index in [2.05, 4.69) is 10.1 Å². The Morgan fingerprint density at radius 1 is 1.70 bits per heavy atom. The lowest BCUT2D eigenvalue weighted by Crippen LogP contribution is -2.25. The number of nitrogens with one attached hydrogen (secondary N) is 1. The predicted octanol–water partition coefficient (Wildman–Crippen LogP) is 0.113.